The Kier molecular flexibility index (Phi) is 9.31. The van der Waals surface area contributed by atoms with E-state index in [1.165, 1.54) is 12.8 Å². The monoisotopic (exact) mass is 238 g/mol. The van der Waals surface area contributed by atoms with Gasteiger partial charge >= 0.3 is 0 Å². The molecular formula is C15H26O2. The lowest BCUT2D eigenvalue weighted by Gasteiger charge is -2.23. The van der Waals surface area contributed by atoms with E-state index in [-0.39, 0.29) is 6.10 Å². The zero-order valence-corrected chi connectivity index (χ0v) is 11.8. The van der Waals surface area contributed by atoms with E-state index in [1.807, 2.05) is 31.2 Å². The molecule has 1 aromatic rings. The van der Waals surface area contributed by atoms with Crippen molar-refractivity contribution >= 4 is 0 Å². The SMILES string of the molecule is CC1COc2ccccc2O1.CCC.CCC. The van der Waals surface area contributed by atoms with E-state index < -0.39 is 0 Å². The van der Waals surface area contributed by atoms with Crippen LogP contribution in [0.3, 0.4) is 0 Å². The molecule has 0 aromatic heterocycles. The first-order chi connectivity index (χ1) is 8.19. The van der Waals surface area contributed by atoms with Gasteiger partial charge in [-0.15, -0.1) is 0 Å². The highest BCUT2D eigenvalue weighted by atomic mass is 16.6. The van der Waals surface area contributed by atoms with Crippen LogP contribution in [0.2, 0.25) is 0 Å². The zero-order valence-electron chi connectivity index (χ0n) is 11.8. The molecule has 2 rings (SSSR count). The molecule has 1 aromatic carbocycles. The summed E-state index contributed by atoms with van der Waals surface area (Å²) >= 11 is 0. The maximum absolute atomic E-state index is 5.51. The van der Waals surface area contributed by atoms with E-state index in [4.69, 9.17) is 9.47 Å². The van der Waals surface area contributed by atoms with Crippen molar-refractivity contribution in [2.75, 3.05) is 6.61 Å². The molecule has 0 aliphatic carbocycles. The minimum Gasteiger partial charge on any atom is -0.486 e. The van der Waals surface area contributed by atoms with Crippen LogP contribution in [0.4, 0.5) is 0 Å². The number of ether oxygens (including phenoxy) is 2. The number of hydrogen-bond acceptors (Lipinski definition) is 2. The zero-order chi connectivity index (χ0) is 13.1. The standard InChI is InChI=1S/C9H10O2.2C3H8/c1-7-6-10-8-4-2-3-5-9(8)11-7;2*1-3-2/h2-5,7H,6H2,1H3;2*3H2,1-2H3. The fourth-order valence-corrected chi connectivity index (χ4v) is 1.12. The number of rotatable bonds is 0. The highest BCUT2D eigenvalue weighted by molar-refractivity contribution is 5.40. The van der Waals surface area contributed by atoms with Gasteiger partial charge in [-0.25, -0.2) is 0 Å². The molecule has 1 unspecified atom stereocenters. The van der Waals surface area contributed by atoms with Crippen LogP contribution >= 0.6 is 0 Å². The molecule has 0 bridgehead atoms. The largest absolute Gasteiger partial charge is 0.486 e. The average molecular weight is 238 g/mol. The van der Waals surface area contributed by atoms with E-state index in [9.17, 15) is 0 Å². The molecule has 0 amide bonds. The van der Waals surface area contributed by atoms with Crippen molar-refractivity contribution in [3.8, 4) is 11.5 Å². The summed E-state index contributed by atoms with van der Waals surface area (Å²) in [5.41, 5.74) is 0. The fraction of sp³-hybridized carbons (Fsp3) is 0.600. The third kappa shape index (κ3) is 6.88. The lowest BCUT2D eigenvalue weighted by atomic mass is 10.3. The molecule has 0 N–H and O–H groups in total. The van der Waals surface area contributed by atoms with Crippen LogP contribution in [-0.4, -0.2) is 12.7 Å². The highest BCUT2D eigenvalue weighted by Gasteiger charge is 2.15. The van der Waals surface area contributed by atoms with Gasteiger partial charge < -0.3 is 9.47 Å². The van der Waals surface area contributed by atoms with Crippen LogP contribution in [0.25, 0.3) is 0 Å². The van der Waals surface area contributed by atoms with Crippen LogP contribution in [0, 0.1) is 0 Å². The summed E-state index contributed by atoms with van der Waals surface area (Å²) < 4.78 is 10.9. The quantitative estimate of drug-likeness (QED) is 0.653. The maximum Gasteiger partial charge on any atom is 0.161 e. The van der Waals surface area contributed by atoms with Gasteiger partial charge in [0.25, 0.3) is 0 Å². The van der Waals surface area contributed by atoms with Crippen LogP contribution in [0.1, 0.15) is 47.5 Å². The lowest BCUT2D eigenvalue weighted by Crippen LogP contribution is -2.25. The third-order valence-corrected chi connectivity index (χ3v) is 1.65. The lowest BCUT2D eigenvalue weighted by molar-refractivity contribution is 0.104. The van der Waals surface area contributed by atoms with Gasteiger partial charge in [-0.05, 0) is 19.1 Å². The molecule has 0 saturated carbocycles. The first kappa shape index (κ1) is 15.8. The van der Waals surface area contributed by atoms with Crippen LogP contribution in [0.5, 0.6) is 11.5 Å². The summed E-state index contributed by atoms with van der Waals surface area (Å²) in [6.07, 6.45) is 2.67. The Balaban J connectivity index is 0.000000366. The fourth-order valence-electron chi connectivity index (χ4n) is 1.12. The van der Waals surface area contributed by atoms with Crippen LogP contribution < -0.4 is 9.47 Å². The number of benzene rings is 1. The molecule has 98 valence electrons. The summed E-state index contributed by atoms with van der Waals surface area (Å²) in [5, 5.41) is 0. The van der Waals surface area contributed by atoms with E-state index >= 15 is 0 Å². The van der Waals surface area contributed by atoms with Gasteiger partial charge in [-0.2, -0.15) is 0 Å². The molecule has 1 aliphatic heterocycles. The predicted octanol–water partition coefficient (Wildman–Crippen LogP) is 4.68. The molecule has 0 spiro atoms. The first-order valence-corrected chi connectivity index (χ1v) is 6.57. The van der Waals surface area contributed by atoms with E-state index in [0.717, 1.165) is 11.5 Å². The smallest absolute Gasteiger partial charge is 0.161 e. The van der Waals surface area contributed by atoms with Gasteiger partial charge in [0.2, 0.25) is 0 Å². The summed E-state index contributed by atoms with van der Waals surface area (Å²) in [6.45, 7) is 11.1. The van der Waals surface area contributed by atoms with E-state index in [1.54, 1.807) is 0 Å². The molecule has 2 heteroatoms. The summed E-state index contributed by atoms with van der Waals surface area (Å²) in [6, 6.07) is 7.73. The van der Waals surface area contributed by atoms with Gasteiger partial charge in [-0.3, -0.25) is 0 Å². The second kappa shape index (κ2) is 10.0. The van der Waals surface area contributed by atoms with Crippen LogP contribution in [0.15, 0.2) is 24.3 Å². The highest BCUT2D eigenvalue weighted by Crippen LogP contribution is 2.30. The minimum absolute atomic E-state index is 0.171. The second-order valence-electron chi connectivity index (χ2n) is 4.10. The van der Waals surface area contributed by atoms with Crippen LogP contribution in [-0.2, 0) is 0 Å². The van der Waals surface area contributed by atoms with Crippen molar-refractivity contribution in [1.29, 1.82) is 0 Å². The Hall–Kier alpha value is -1.18. The Morgan fingerprint density at radius 2 is 1.47 bits per heavy atom. The van der Waals surface area contributed by atoms with Gasteiger partial charge in [0.1, 0.15) is 12.7 Å². The summed E-state index contributed by atoms with van der Waals surface area (Å²) in [5.74, 6) is 1.71. The predicted molar refractivity (Wildman–Crippen MR) is 74.0 cm³/mol. The topological polar surface area (TPSA) is 18.5 Å². The molecule has 0 fully saturated rings. The molecule has 17 heavy (non-hydrogen) atoms. The molecule has 0 radical (unpaired) electrons. The molecule has 1 heterocycles. The molecule has 2 nitrogen and oxygen atoms in total. The Labute approximate surface area is 106 Å². The summed E-state index contributed by atoms with van der Waals surface area (Å²) in [7, 11) is 0. The second-order valence-corrected chi connectivity index (χ2v) is 4.10. The Bertz CT molecular complexity index is 282. The van der Waals surface area contributed by atoms with Crippen molar-refractivity contribution < 1.29 is 9.47 Å². The summed E-state index contributed by atoms with van der Waals surface area (Å²) in [4.78, 5) is 0. The number of para-hydroxylation sites is 2. The maximum atomic E-state index is 5.51. The van der Waals surface area contributed by atoms with E-state index in [2.05, 4.69) is 27.7 Å². The molecule has 1 aliphatic rings. The average Bonchev–Trinajstić information content (AvgIpc) is 2.31. The minimum atomic E-state index is 0.171. The van der Waals surface area contributed by atoms with Crippen molar-refractivity contribution in [1.82, 2.24) is 0 Å². The van der Waals surface area contributed by atoms with Gasteiger partial charge in [0.15, 0.2) is 11.5 Å². The first-order valence-electron chi connectivity index (χ1n) is 6.57. The van der Waals surface area contributed by atoms with Crippen molar-refractivity contribution in [3.05, 3.63) is 24.3 Å². The number of fused-ring (bicyclic) bond motifs is 1. The third-order valence-electron chi connectivity index (χ3n) is 1.65. The van der Waals surface area contributed by atoms with Gasteiger partial charge in [0, 0.05) is 0 Å². The van der Waals surface area contributed by atoms with E-state index in [0.29, 0.717) is 6.61 Å². The molecule has 0 saturated heterocycles. The number of hydrogen-bond donors (Lipinski definition) is 0. The van der Waals surface area contributed by atoms with Crippen molar-refractivity contribution in [3.63, 3.8) is 0 Å². The van der Waals surface area contributed by atoms with Gasteiger partial charge in [-0.1, -0.05) is 52.7 Å². The Morgan fingerprint density at radius 3 is 2.00 bits per heavy atom. The molecule has 1 atom stereocenters. The Morgan fingerprint density at radius 1 is 1.00 bits per heavy atom. The molecular weight excluding hydrogens is 212 g/mol. The van der Waals surface area contributed by atoms with Crippen molar-refractivity contribution in [2.45, 2.75) is 53.6 Å². The normalized spacial score (nSPS) is 15.9. The van der Waals surface area contributed by atoms with Crippen molar-refractivity contribution in [2.24, 2.45) is 0 Å². The van der Waals surface area contributed by atoms with Gasteiger partial charge in [0.05, 0.1) is 0 Å².